The zero-order valence-electron chi connectivity index (χ0n) is 74.6. The van der Waals surface area contributed by atoms with Crippen LogP contribution in [-0.2, 0) is 89.6 Å². The number of nitrogens with zero attached hydrogens (tertiary/aromatic N) is 5. The Labute approximate surface area is 792 Å². The third-order valence-corrected chi connectivity index (χ3v) is 21.5. The predicted octanol–water partition coefficient (Wildman–Crippen LogP) is -2.44. The Balaban J connectivity index is 1.24. The third-order valence-electron chi connectivity index (χ3n) is 21.5. The van der Waals surface area contributed by atoms with Crippen molar-refractivity contribution >= 4 is 153 Å². The lowest BCUT2D eigenvalue weighted by molar-refractivity contribution is -0.145. The van der Waals surface area contributed by atoms with Gasteiger partial charge in [0.15, 0.2) is 0 Å². The lowest BCUT2D eigenvalue weighted by Gasteiger charge is -2.35. The molecule has 0 saturated carbocycles. The minimum Gasteiger partial charge on any atom is -0.508 e. The normalized spacial score (nSPS) is 14.5. The van der Waals surface area contributed by atoms with Crippen molar-refractivity contribution in [3.8, 4) is 5.75 Å². The zero-order chi connectivity index (χ0) is 104. The molecule has 11 amide bonds. The highest BCUT2D eigenvalue weighted by Crippen LogP contribution is 2.21. The Bertz CT molecular complexity index is 5400. The summed E-state index contributed by atoms with van der Waals surface area (Å²) in [6.07, 6.45) is -7.94. The Morgan fingerprint density at radius 3 is 1.24 bits per heavy atom. The number of hydrogen-bond donors (Lipinski definition) is 24. The van der Waals surface area contributed by atoms with Gasteiger partial charge in [0.25, 0.3) is 11.8 Å². The Morgan fingerprint density at radius 1 is 0.336 bits per heavy atom. The quantitative estimate of drug-likeness (QED) is 0.0142. The number of nitrogens with one attached hydrogen (secondary N) is 10. The summed E-state index contributed by atoms with van der Waals surface area (Å²) < 4.78 is 0. The second-order valence-corrected chi connectivity index (χ2v) is 32.0. The van der Waals surface area contributed by atoms with Gasteiger partial charge >= 0.3 is 83.6 Å². The predicted molar refractivity (Wildman–Crippen MR) is 478 cm³/mol. The van der Waals surface area contributed by atoms with Crippen LogP contribution in [0.25, 0.3) is 10.8 Å². The largest absolute Gasteiger partial charge is 0.508 e. The number of phenols is 1. The Morgan fingerprint density at radius 2 is 0.771 bits per heavy atom. The van der Waals surface area contributed by atoms with E-state index in [-0.39, 0.29) is 82.9 Å². The summed E-state index contributed by atoms with van der Waals surface area (Å²) in [6, 6.07) is 5.01. The molecule has 0 spiro atoms. The fourth-order valence-corrected chi connectivity index (χ4v) is 14.2. The van der Waals surface area contributed by atoms with Crippen LogP contribution < -0.4 is 53.2 Å². The number of aromatic carboxylic acids is 4. The second-order valence-electron chi connectivity index (χ2n) is 32.0. The Hall–Kier alpha value is -16.5. The SMILES string of the molecule is O=C(O)CC[C@H](NC(=O)N[C@@H](CCC(=O)/N=C(/CCCNC(=O)C[C@@H](NC(=O)c1cc(C(=O)O)cc(C(=O)O)c1)C(=O)NCCCC[C@@H](NC(=O)[C@@H](Cc1ccc2ccccc2c1)NC(=O)[C@@H](Cc1ccc(O)cc1)NC(=O)C(CNC(=O)c1cc(C(=O)O)cc(C(=O)O)c1)NC(=O)CCC(C(=O)O)N1CCN(CC(=O)O)CCN(CC(=O)O)CCN(CC(=O)O)CC1)C(=O)O)C(=O)O)C(=O)O)C(=O)O. The zero-order valence-corrected chi connectivity index (χ0v) is 74.6. The molecule has 24 N–H and O–H groups in total. The molecule has 754 valence electrons. The molecule has 5 aromatic carbocycles. The average Bonchev–Trinajstić information content (AvgIpc) is 0.833. The molecule has 0 aromatic heterocycles. The van der Waals surface area contributed by atoms with Crippen LogP contribution in [0.1, 0.15) is 150 Å². The van der Waals surface area contributed by atoms with E-state index in [1.807, 2.05) is 10.6 Å². The van der Waals surface area contributed by atoms with Gasteiger partial charge in [-0.1, -0.05) is 54.6 Å². The molecule has 1 heterocycles. The highest BCUT2D eigenvalue weighted by Gasteiger charge is 2.37. The van der Waals surface area contributed by atoms with Crippen LogP contribution in [0, 0.1) is 0 Å². The lowest BCUT2D eigenvalue weighted by Crippen LogP contribution is -2.60. The summed E-state index contributed by atoms with van der Waals surface area (Å²) in [5.41, 5.74) is -4.31. The maximum Gasteiger partial charge on any atom is 0.350 e. The van der Waals surface area contributed by atoms with E-state index in [1.165, 1.54) is 43.9 Å². The van der Waals surface area contributed by atoms with Crippen molar-refractivity contribution in [2.24, 2.45) is 4.99 Å². The number of unbranched alkanes of at least 4 members (excludes halogenated alkanes) is 1. The maximum atomic E-state index is 15.3. The maximum absolute atomic E-state index is 15.3. The van der Waals surface area contributed by atoms with E-state index >= 15 is 9.59 Å². The van der Waals surface area contributed by atoms with Crippen molar-refractivity contribution in [2.75, 3.05) is 91.6 Å². The monoisotopic (exact) mass is 1960 g/mol. The smallest absolute Gasteiger partial charge is 0.350 e. The van der Waals surface area contributed by atoms with Crippen molar-refractivity contribution in [3.63, 3.8) is 0 Å². The molecular weight excluding hydrogens is 1860 g/mol. The number of aromatic hydroxyl groups is 1. The van der Waals surface area contributed by atoms with Crippen LogP contribution in [0.15, 0.2) is 108 Å². The second kappa shape index (κ2) is 55.5. The van der Waals surface area contributed by atoms with E-state index in [9.17, 15) is 167 Å². The number of benzene rings is 5. The summed E-state index contributed by atoms with van der Waals surface area (Å²) in [6.45, 7) is -4.51. The van der Waals surface area contributed by atoms with Gasteiger partial charge in [-0.05, 0) is 122 Å². The first-order valence-electron chi connectivity index (χ1n) is 43.1. The first-order valence-corrected chi connectivity index (χ1v) is 43.1. The average molecular weight is 1960 g/mol. The molecule has 52 nitrogen and oxygen atoms in total. The van der Waals surface area contributed by atoms with Gasteiger partial charge in [-0.2, -0.15) is 0 Å². The van der Waals surface area contributed by atoms with Crippen LogP contribution in [-0.4, -0.2) is 374 Å². The van der Waals surface area contributed by atoms with Gasteiger partial charge in [0.05, 0.1) is 48.3 Å². The molecule has 8 atom stereocenters. The number of hydrogen-bond acceptors (Lipinski definition) is 28. The van der Waals surface area contributed by atoms with Crippen molar-refractivity contribution < 1.29 is 182 Å². The summed E-state index contributed by atoms with van der Waals surface area (Å²) in [7, 11) is 0. The van der Waals surface area contributed by atoms with E-state index in [0.717, 1.165) is 30.3 Å². The topological polar surface area (TPSA) is 821 Å². The summed E-state index contributed by atoms with van der Waals surface area (Å²) in [5, 5.41) is 162. The van der Waals surface area contributed by atoms with Crippen molar-refractivity contribution in [1.82, 2.24) is 72.8 Å². The first kappa shape index (κ1) is 112. The van der Waals surface area contributed by atoms with Gasteiger partial charge in [0, 0.05) is 115 Å². The van der Waals surface area contributed by atoms with E-state index in [0.29, 0.717) is 22.4 Å². The molecule has 1 aliphatic rings. The van der Waals surface area contributed by atoms with E-state index in [2.05, 4.69) is 47.5 Å². The number of fused-ring (bicyclic) bond motifs is 1. The van der Waals surface area contributed by atoms with E-state index < -0.39 is 334 Å². The molecule has 5 aromatic rings. The number of urea groups is 1. The minimum absolute atomic E-state index is 0.0199. The van der Waals surface area contributed by atoms with Crippen molar-refractivity contribution in [1.29, 1.82) is 0 Å². The number of phenolic OH excluding ortho intramolecular Hbond substituents is 1. The van der Waals surface area contributed by atoms with Gasteiger partial charge in [-0.15, -0.1) is 0 Å². The van der Waals surface area contributed by atoms with Gasteiger partial charge in [0.1, 0.15) is 59.8 Å². The van der Waals surface area contributed by atoms with Crippen molar-refractivity contribution in [3.05, 3.63) is 148 Å². The van der Waals surface area contributed by atoms with Crippen LogP contribution in [0.5, 0.6) is 5.75 Å². The molecule has 1 fully saturated rings. The number of aliphatic carboxylic acids is 9. The molecule has 0 radical (unpaired) electrons. The number of carbonyl (C=O) groups is 23. The van der Waals surface area contributed by atoms with Gasteiger partial charge < -0.3 is 125 Å². The molecule has 2 unspecified atom stereocenters. The van der Waals surface area contributed by atoms with Gasteiger partial charge in [-0.25, -0.2) is 48.1 Å². The molecule has 0 bridgehead atoms. The van der Waals surface area contributed by atoms with Gasteiger partial charge in [0.2, 0.25) is 41.4 Å². The fourth-order valence-electron chi connectivity index (χ4n) is 14.2. The third kappa shape index (κ3) is 39.1. The fraction of sp³-hybridized carbons (Fsp3) is 0.409. The van der Waals surface area contributed by atoms with Crippen LogP contribution >= 0.6 is 0 Å². The number of aliphatic imine (C=N–C) groups is 1. The standard InChI is InChI=1S/C88H105N15O37/c104-56-14-11-46(12-15-56)33-61(97-78(121)64(42-91-73(116)50-35-52(79(122)123)39-53(36-50)80(124)125)93-67(106)20-18-65(87(138)139)103-30-28-101(44-71(112)113)26-24-100(43-70(110)111)25-27-102(29-31-103)45-72(114)115)77(120)96-62(34-47-10-13-48-6-1-2-7-49(48)32-47)76(119)94-58(84(132)133)8-3-4-22-90-75(118)63(95-74(117)51-37-54(81(126)127)40-55(38-51)82(128)129)41-68(107)89-23-5-9-57(83(130)131)92-66(105)19-16-59(85(134)135)98-88(140)99-60(86(136)137)17-21-69(108)109/h1-2,6-7,10-15,32,35-40,58-65,104H,3-5,8-9,16-31,33-34,41-45H2,(H,89,107)(H,90,118)(H,91,116)(H,93,106)(H,94,119)(H,95,117)(H,96,120)(H,97,121)(H,108,109)(H,110,111)(H,112,113)(H,114,115)(H,122,123)(H,124,125)(H,126,127)(H,128,129)(H,130,131)(H,132,133)(H,134,135)(H,136,137)(H,138,139)(H2,98,99,140)/b92-57-/t58-,59+,60+,61-,62-,63-,64?,65?/m1/s1. The summed E-state index contributed by atoms with van der Waals surface area (Å²) >= 11 is 0. The summed E-state index contributed by atoms with van der Waals surface area (Å²) in [5.74, 6) is -31.5. The highest BCUT2D eigenvalue weighted by atomic mass is 16.4. The van der Waals surface area contributed by atoms with Crippen LogP contribution in [0.2, 0.25) is 0 Å². The number of carboxylic acids is 13. The number of carboxylic acid groups (broad SMARTS) is 13. The molecule has 140 heavy (non-hydrogen) atoms. The lowest BCUT2D eigenvalue weighted by atomic mass is 9.99. The number of carbonyl (C=O) groups excluding carboxylic acids is 10. The molecular formula is C88H105N15O37. The van der Waals surface area contributed by atoms with Crippen LogP contribution in [0.4, 0.5) is 4.79 Å². The molecule has 6 rings (SSSR count). The number of rotatable bonds is 55. The molecule has 1 saturated heterocycles. The minimum atomic E-state index is -2.06. The highest BCUT2D eigenvalue weighted by molar-refractivity contribution is 6.37. The molecule has 0 aliphatic carbocycles. The van der Waals surface area contributed by atoms with Gasteiger partial charge in [-0.3, -0.25) is 86.7 Å². The van der Waals surface area contributed by atoms with E-state index in [1.54, 1.807) is 42.5 Å². The Kier molecular flexibility index (Phi) is 44.5. The molecule has 52 heteroatoms. The van der Waals surface area contributed by atoms with E-state index in [4.69, 9.17) is 5.11 Å². The van der Waals surface area contributed by atoms with Crippen molar-refractivity contribution in [2.45, 2.75) is 138 Å². The number of amides is 11. The summed E-state index contributed by atoms with van der Waals surface area (Å²) in [4.78, 5) is 307. The molecule has 1 aliphatic heterocycles. The van der Waals surface area contributed by atoms with Crippen LogP contribution in [0.3, 0.4) is 0 Å². The first-order chi connectivity index (χ1) is 66.1.